The molecule has 0 radical (unpaired) electrons. The van der Waals surface area contributed by atoms with E-state index in [-0.39, 0.29) is 24.0 Å². The van der Waals surface area contributed by atoms with Crippen LogP contribution in [-0.2, 0) is 0 Å². The molecule has 1 atom stereocenters. The van der Waals surface area contributed by atoms with E-state index in [0.29, 0.717) is 22.7 Å². The van der Waals surface area contributed by atoms with Gasteiger partial charge >= 0.3 is 0 Å². The molecule has 0 aliphatic carbocycles. The van der Waals surface area contributed by atoms with Gasteiger partial charge in [-0.25, -0.2) is 9.87 Å². The lowest BCUT2D eigenvalue weighted by Crippen LogP contribution is -2.33. The number of benzene rings is 2. The van der Waals surface area contributed by atoms with Gasteiger partial charge in [-0.1, -0.05) is 18.7 Å². The molecule has 0 aromatic heterocycles. The van der Waals surface area contributed by atoms with Gasteiger partial charge < -0.3 is 9.64 Å². The molecule has 0 saturated heterocycles. The highest BCUT2D eigenvalue weighted by atomic mass is 19.1. The standard InChI is InChI=1S/C19H19FN2O3/c1-11-5-4-6-15(20)18(11)13(3)22-12(2)10-25-17-8-7-14(9-16(17)22)19(23)21-24/h4-9,13,24H,2,10H2,1,3H3,(H,21,23). The first-order chi connectivity index (χ1) is 11.9. The minimum Gasteiger partial charge on any atom is -0.485 e. The summed E-state index contributed by atoms with van der Waals surface area (Å²) in [7, 11) is 0. The molecule has 25 heavy (non-hydrogen) atoms. The quantitative estimate of drug-likeness (QED) is 0.659. The number of aryl methyl sites for hydroxylation is 1. The molecule has 1 heterocycles. The molecular weight excluding hydrogens is 323 g/mol. The van der Waals surface area contributed by atoms with Crippen LogP contribution in [0.5, 0.6) is 5.75 Å². The molecular formula is C19H19FN2O3. The van der Waals surface area contributed by atoms with Crippen LogP contribution in [0.15, 0.2) is 48.7 Å². The summed E-state index contributed by atoms with van der Waals surface area (Å²) in [5, 5.41) is 8.86. The molecule has 0 bridgehead atoms. The maximum absolute atomic E-state index is 14.4. The first-order valence-electron chi connectivity index (χ1n) is 7.87. The number of halogens is 1. The Labute approximate surface area is 145 Å². The van der Waals surface area contributed by atoms with E-state index in [0.717, 1.165) is 5.56 Å². The van der Waals surface area contributed by atoms with Gasteiger partial charge in [-0.05, 0) is 43.7 Å². The molecule has 1 aliphatic rings. The van der Waals surface area contributed by atoms with Gasteiger partial charge in [0.1, 0.15) is 18.2 Å². The zero-order valence-electron chi connectivity index (χ0n) is 14.0. The van der Waals surface area contributed by atoms with Gasteiger partial charge in [0.25, 0.3) is 5.91 Å². The number of amides is 1. The van der Waals surface area contributed by atoms with E-state index in [9.17, 15) is 9.18 Å². The minimum atomic E-state index is -0.631. The van der Waals surface area contributed by atoms with Gasteiger partial charge in [0.05, 0.1) is 11.7 Å². The summed E-state index contributed by atoms with van der Waals surface area (Å²) in [5.41, 5.74) is 4.53. The molecule has 2 N–H and O–H groups in total. The summed E-state index contributed by atoms with van der Waals surface area (Å²) in [6, 6.07) is 9.41. The van der Waals surface area contributed by atoms with Crippen molar-refractivity contribution in [1.82, 2.24) is 5.48 Å². The van der Waals surface area contributed by atoms with Crippen molar-refractivity contribution in [2.24, 2.45) is 0 Å². The van der Waals surface area contributed by atoms with Crippen LogP contribution in [0.1, 0.15) is 34.5 Å². The van der Waals surface area contributed by atoms with Gasteiger partial charge in [0.15, 0.2) is 0 Å². The van der Waals surface area contributed by atoms with Crippen LogP contribution in [0, 0.1) is 12.7 Å². The Kier molecular flexibility index (Phi) is 4.46. The van der Waals surface area contributed by atoms with Crippen molar-refractivity contribution < 1.29 is 19.1 Å². The second-order valence-electron chi connectivity index (χ2n) is 5.99. The summed E-state index contributed by atoms with van der Waals surface area (Å²) in [4.78, 5) is 13.6. The number of ether oxygens (including phenoxy) is 1. The molecule has 1 unspecified atom stereocenters. The number of nitrogens with zero attached hydrogens (tertiary/aromatic N) is 1. The second kappa shape index (κ2) is 6.57. The fourth-order valence-corrected chi connectivity index (χ4v) is 3.22. The largest absolute Gasteiger partial charge is 0.485 e. The molecule has 2 aromatic carbocycles. The van der Waals surface area contributed by atoms with Gasteiger partial charge in [0.2, 0.25) is 0 Å². The lowest BCUT2D eigenvalue weighted by Gasteiger charge is -2.38. The Hall–Kier alpha value is -2.86. The average molecular weight is 342 g/mol. The van der Waals surface area contributed by atoms with Gasteiger partial charge in [0, 0.05) is 16.8 Å². The summed E-state index contributed by atoms with van der Waals surface area (Å²) >= 11 is 0. The molecule has 2 aromatic rings. The molecule has 0 spiro atoms. The maximum Gasteiger partial charge on any atom is 0.274 e. The number of nitrogens with one attached hydrogen (secondary N) is 1. The molecule has 5 nitrogen and oxygen atoms in total. The van der Waals surface area contributed by atoms with E-state index in [1.165, 1.54) is 6.07 Å². The normalized spacial score (nSPS) is 14.6. The van der Waals surface area contributed by atoms with Crippen molar-refractivity contribution in [2.45, 2.75) is 19.9 Å². The smallest absolute Gasteiger partial charge is 0.274 e. The fraction of sp³-hybridized carbons (Fsp3) is 0.211. The third-order valence-corrected chi connectivity index (χ3v) is 4.39. The van der Waals surface area contributed by atoms with Crippen LogP contribution in [0.4, 0.5) is 10.1 Å². The average Bonchev–Trinajstić information content (AvgIpc) is 2.60. The van der Waals surface area contributed by atoms with Crippen molar-refractivity contribution in [2.75, 3.05) is 11.5 Å². The number of hydrogen-bond donors (Lipinski definition) is 2. The van der Waals surface area contributed by atoms with Crippen molar-refractivity contribution in [3.63, 3.8) is 0 Å². The highest BCUT2D eigenvalue weighted by Gasteiger charge is 2.29. The van der Waals surface area contributed by atoms with E-state index < -0.39 is 5.91 Å². The lowest BCUT2D eigenvalue weighted by molar-refractivity contribution is 0.0706. The Morgan fingerprint density at radius 2 is 2.16 bits per heavy atom. The number of carbonyl (C=O) groups is 1. The first kappa shape index (κ1) is 17.0. The number of carbonyl (C=O) groups excluding carboxylic acids is 1. The third-order valence-electron chi connectivity index (χ3n) is 4.39. The highest BCUT2D eigenvalue weighted by Crippen LogP contribution is 2.41. The summed E-state index contributed by atoms with van der Waals surface area (Å²) in [6.07, 6.45) is 0. The topological polar surface area (TPSA) is 61.8 Å². The Morgan fingerprint density at radius 1 is 1.40 bits per heavy atom. The number of fused-ring (bicyclic) bond motifs is 1. The second-order valence-corrected chi connectivity index (χ2v) is 5.99. The zero-order chi connectivity index (χ0) is 18.1. The van der Waals surface area contributed by atoms with Crippen LogP contribution in [0.2, 0.25) is 0 Å². The molecule has 0 fully saturated rings. The van der Waals surface area contributed by atoms with E-state index >= 15 is 0 Å². The summed E-state index contributed by atoms with van der Waals surface area (Å²) < 4.78 is 20.1. The van der Waals surface area contributed by atoms with Gasteiger partial charge in [-0.3, -0.25) is 10.0 Å². The Bertz CT molecular complexity index is 830. The first-order valence-corrected chi connectivity index (χ1v) is 7.87. The maximum atomic E-state index is 14.4. The number of hydroxylamine groups is 1. The lowest BCUT2D eigenvalue weighted by atomic mass is 9.98. The van der Waals surface area contributed by atoms with Gasteiger partial charge in [-0.15, -0.1) is 0 Å². The Morgan fingerprint density at radius 3 is 2.84 bits per heavy atom. The van der Waals surface area contributed by atoms with Crippen molar-refractivity contribution in [3.05, 3.63) is 71.2 Å². The van der Waals surface area contributed by atoms with Gasteiger partial charge in [-0.2, -0.15) is 0 Å². The summed E-state index contributed by atoms with van der Waals surface area (Å²) in [5.74, 6) is -0.353. The minimum absolute atomic E-state index is 0.266. The molecule has 1 amide bonds. The SMILES string of the molecule is C=C1COc2ccc(C(=O)NO)cc2N1C(C)c1c(C)cccc1F. The van der Waals surface area contributed by atoms with Crippen molar-refractivity contribution in [1.29, 1.82) is 0 Å². The molecule has 6 heteroatoms. The van der Waals surface area contributed by atoms with E-state index in [1.54, 1.807) is 29.7 Å². The van der Waals surface area contributed by atoms with Crippen LogP contribution in [0.25, 0.3) is 0 Å². The number of rotatable bonds is 3. The third kappa shape index (κ3) is 2.96. The monoisotopic (exact) mass is 342 g/mol. The van der Waals surface area contributed by atoms with E-state index in [4.69, 9.17) is 9.94 Å². The van der Waals surface area contributed by atoms with Crippen molar-refractivity contribution in [3.8, 4) is 5.75 Å². The summed E-state index contributed by atoms with van der Waals surface area (Å²) in [6.45, 7) is 8.03. The zero-order valence-corrected chi connectivity index (χ0v) is 14.0. The fourth-order valence-electron chi connectivity index (χ4n) is 3.22. The molecule has 0 saturated carbocycles. The highest BCUT2D eigenvalue weighted by molar-refractivity contribution is 5.95. The molecule has 3 rings (SSSR count). The van der Waals surface area contributed by atoms with E-state index in [1.807, 2.05) is 24.8 Å². The van der Waals surface area contributed by atoms with Crippen LogP contribution in [0.3, 0.4) is 0 Å². The predicted molar refractivity (Wildman–Crippen MR) is 92.4 cm³/mol. The molecule has 130 valence electrons. The van der Waals surface area contributed by atoms with Crippen LogP contribution in [-0.4, -0.2) is 17.7 Å². The van der Waals surface area contributed by atoms with Crippen molar-refractivity contribution >= 4 is 11.6 Å². The molecule has 1 aliphatic heterocycles. The Balaban J connectivity index is 2.11. The van der Waals surface area contributed by atoms with Crippen LogP contribution < -0.4 is 15.1 Å². The number of hydrogen-bond acceptors (Lipinski definition) is 4. The number of anilines is 1. The van der Waals surface area contributed by atoms with Crippen LogP contribution >= 0.6 is 0 Å². The predicted octanol–water partition coefficient (Wildman–Crippen LogP) is 3.73. The van der Waals surface area contributed by atoms with E-state index in [2.05, 4.69) is 6.58 Å².